The predicted molar refractivity (Wildman–Crippen MR) is 75.4 cm³/mol. The summed E-state index contributed by atoms with van der Waals surface area (Å²) in [6.45, 7) is 3.78. The van der Waals surface area contributed by atoms with Gasteiger partial charge in [0.05, 0.1) is 10.0 Å². The minimum atomic E-state index is -0.274. The molecular formula is C14H17Cl2NO. The van der Waals surface area contributed by atoms with Crippen molar-refractivity contribution in [2.24, 2.45) is 5.41 Å². The summed E-state index contributed by atoms with van der Waals surface area (Å²) >= 11 is 12.1. The molecular weight excluding hydrogens is 269 g/mol. The molecule has 0 radical (unpaired) electrons. The Morgan fingerprint density at radius 3 is 2.89 bits per heavy atom. The van der Waals surface area contributed by atoms with E-state index < -0.39 is 0 Å². The third-order valence-corrected chi connectivity index (χ3v) is 4.51. The standard InChI is InChI=1S/C14H17Cl2NO/c1-14(6-3-7-17-9-14)12(18)8-10-4-2-5-11(15)13(10)16/h2,4-5,17H,3,6-9H2,1H3. The van der Waals surface area contributed by atoms with Crippen LogP contribution < -0.4 is 5.32 Å². The number of benzene rings is 1. The fourth-order valence-corrected chi connectivity index (χ4v) is 2.75. The van der Waals surface area contributed by atoms with Crippen LogP contribution in [0.5, 0.6) is 0 Å². The van der Waals surface area contributed by atoms with Crippen LogP contribution >= 0.6 is 23.2 Å². The first-order chi connectivity index (χ1) is 8.53. The fraction of sp³-hybridized carbons (Fsp3) is 0.500. The maximum absolute atomic E-state index is 12.4. The zero-order valence-electron chi connectivity index (χ0n) is 10.4. The van der Waals surface area contributed by atoms with Crippen molar-refractivity contribution < 1.29 is 4.79 Å². The molecule has 0 saturated carbocycles. The van der Waals surface area contributed by atoms with Crippen LogP contribution in [0.3, 0.4) is 0 Å². The van der Waals surface area contributed by atoms with Crippen molar-refractivity contribution >= 4 is 29.0 Å². The van der Waals surface area contributed by atoms with E-state index in [4.69, 9.17) is 23.2 Å². The summed E-state index contributed by atoms with van der Waals surface area (Å²) in [6.07, 6.45) is 2.35. The van der Waals surface area contributed by atoms with Crippen molar-refractivity contribution in [3.63, 3.8) is 0 Å². The van der Waals surface area contributed by atoms with E-state index in [9.17, 15) is 4.79 Å². The first kappa shape index (κ1) is 13.9. The van der Waals surface area contributed by atoms with Gasteiger partial charge in [-0.2, -0.15) is 0 Å². The molecule has 18 heavy (non-hydrogen) atoms. The highest BCUT2D eigenvalue weighted by Gasteiger charge is 2.34. The number of halogens is 2. The zero-order chi connectivity index (χ0) is 13.2. The Labute approximate surface area is 118 Å². The Morgan fingerprint density at radius 1 is 1.44 bits per heavy atom. The quantitative estimate of drug-likeness (QED) is 0.921. The minimum absolute atomic E-state index is 0.235. The highest BCUT2D eigenvalue weighted by Crippen LogP contribution is 2.31. The lowest BCUT2D eigenvalue weighted by Crippen LogP contribution is -2.44. The van der Waals surface area contributed by atoms with Gasteiger partial charge in [0, 0.05) is 18.4 Å². The lowest BCUT2D eigenvalue weighted by atomic mass is 9.77. The SMILES string of the molecule is CC1(C(=O)Cc2cccc(Cl)c2Cl)CCCNC1. The molecule has 2 rings (SSSR count). The average molecular weight is 286 g/mol. The number of carbonyl (C=O) groups is 1. The van der Waals surface area contributed by atoms with Crippen LogP contribution in [0.15, 0.2) is 18.2 Å². The number of hydrogen-bond donors (Lipinski definition) is 1. The van der Waals surface area contributed by atoms with Gasteiger partial charge in [-0.25, -0.2) is 0 Å². The maximum Gasteiger partial charge on any atom is 0.144 e. The van der Waals surface area contributed by atoms with Crippen molar-refractivity contribution in [2.45, 2.75) is 26.2 Å². The van der Waals surface area contributed by atoms with Gasteiger partial charge in [-0.05, 0) is 31.0 Å². The molecule has 4 heteroatoms. The Hall–Kier alpha value is -0.570. The van der Waals surface area contributed by atoms with E-state index in [0.29, 0.717) is 16.5 Å². The Balaban J connectivity index is 2.13. The number of carbonyl (C=O) groups excluding carboxylic acids is 1. The second kappa shape index (κ2) is 5.60. The fourth-order valence-electron chi connectivity index (χ4n) is 2.37. The summed E-state index contributed by atoms with van der Waals surface area (Å²) in [5.41, 5.74) is 0.546. The molecule has 0 spiro atoms. The summed E-state index contributed by atoms with van der Waals surface area (Å²) < 4.78 is 0. The first-order valence-electron chi connectivity index (χ1n) is 6.20. The average Bonchev–Trinajstić information content (AvgIpc) is 2.36. The number of hydrogen-bond acceptors (Lipinski definition) is 2. The third kappa shape index (κ3) is 2.87. The van der Waals surface area contributed by atoms with Gasteiger partial charge in [0.2, 0.25) is 0 Å². The molecule has 0 aliphatic carbocycles. The van der Waals surface area contributed by atoms with E-state index in [2.05, 4.69) is 5.32 Å². The summed E-state index contributed by atoms with van der Waals surface area (Å²) in [7, 11) is 0. The van der Waals surface area contributed by atoms with E-state index in [1.54, 1.807) is 6.07 Å². The van der Waals surface area contributed by atoms with Gasteiger partial charge in [-0.1, -0.05) is 42.3 Å². The van der Waals surface area contributed by atoms with Gasteiger partial charge in [-0.15, -0.1) is 0 Å². The number of nitrogens with one attached hydrogen (secondary N) is 1. The second-order valence-corrected chi connectivity index (χ2v) is 5.94. The van der Waals surface area contributed by atoms with Crippen molar-refractivity contribution in [1.29, 1.82) is 0 Å². The van der Waals surface area contributed by atoms with Crippen molar-refractivity contribution in [3.05, 3.63) is 33.8 Å². The molecule has 0 aromatic heterocycles. The minimum Gasteiger partial charge on any atom is -0.316 e. The van der Waals surface area contributed by atoms with Gasteiger partial charge >= 0.3 is 0 Å². The van der Waals surface area contributed by atoms with Gasteiger partial charge in [0.15, 0.2) is 0 Å². The number of Topliss-reactive ketones (excluding diaryl/α,β-unsaturated/α-hetero) is 1. The van der Waals surface area contributed by atoms with Crippen LogP contribution in [0.4, 0.5) is 0 Å². The first-order valence-corrected chi connectivity index (χ1v) is 6.95. The molecule has 1 unspecified atom stereocenters. The number of rotatable bonds is 3. The van der Waals surface area contributed by atoms with Crippen LogP contribution in [0, 0.1) is 5.41 Å². The number of ketones is 1. The summed E-state index contributed by atoms with van der Waals surface area (Å²) in [5.74, 6) is 0.235. The molecule has 1 heterocycles. The number of piperidine rings is 1. The lowest BCUT2D eigenvalue weighted by molar-refractivity contribution is -0.128. The highest BCUT2D eigenvalue weighted by molar-refractivity contribution is 6.42. The van der Waals surface area contributed by atoms with Crippen LogP contribution in [0.2, 0.25) is 10.0 Å². The van der Waals surface area contributed by atoms with Crippen LogP contribution in [-0.4, -0.2) is 18.9 Å². The van der Waals surface area contributed by atoms with Crippen molar-refractivity contribution in [2.75, 3.05) is 13.1 Å². The molecule has 1 aromatic carbocycles. The highest BCUT2D eigenvalue weighted by atomic mass is 35.5. The van der Waals surface area contributed by atoms with Crippen LogP contribution in [0.1, 0.15) is 25.3 Å². The normalized spacial score (nSPS) is 23.9. The Bertz CT molecular complexity index is 453. The van der Waals surface area contributed by atoms with Gasteiger partial charge < -0.3 is 5.32 Å². The van der Waals surface area contributed by atoms with Crippen molar-refractivity contribution in [1.82, 2.24) is 5.32 Å². The summed E-state index contributed by atoms with van der Waals surface area (Å²) in [5, 5.41) is 4.30. The molecule has 0 amide bonds. The van der Waals surface area contributed by atoms with E-state index >= 15 is 0 Å². The molecule has 1 aromatic rings. The maximum atomic E-state index is 12.4. The van der Waals surface area contributed by atoms with E-state index in [1.807, 2.05) is 19.1 Å². The molecule has 98 valence electrons. The summed E-state index contributed by atoms with van der Waals surface area (Å²) in [6, 6.07) is 5.44. The van der Waals surface area contributed by atoms with Gasteiger partial charge in [-0.3, -0.25) is 4.79 Å². The smallest absolute Gasteiger partial charge is 0.144 e. The molecule has 1 atom stereocenters. The lowest BCUT2D eigenvalue weighted by Gasteiger charge is -2.32. The van der Waals surface area contributed by atoms with Crippen molar-refractivity contribution in [3.8, 4) is 0 Å². The largest absolute Gasteiger partial charge is 0.316 e. The van der Waals surface area contributed by atoms with E-state index in [0.717, 1.165) is 31.5 Å². The predicted octanol–water partition coefficient (Wildman–Crippen LogP) is 3.49. The van der Waals surface area contributed by atoms with Crippen LogP contribution in [-0.2, 0) is 11.2 Å². The zero-order valence-corrected chi connectivity index (χ0v) is 11.9. The van der Waals surface area contributed by atoms with E-state index in [1.165, 1.54) is 0 Å². The van der Waals surface area contributed by atoms with Gasteiger partial charge in [0.25, 0.3) is 0 Å². The third-order valence-electron chi connectivity index (χ3n) is 3.65. The topological polar surface area (TPSA) is 29.1 Å². The summed E-state index contributed by atoms with van der Waals surface area (Å²) in [4.78, 5) is 12.4. The molecule has 1 N–H and O–H groups in total. The molecule has 1 aliphatic heterocycles. The molecule has 0 bridgehead atoms. The molecule has 1 aliphatic rings. The monoisotopic (exact) mass is 285 g/mol. The van der Waals surface area contributed by atoms with E-state index in [-0.39, 0.29) is 11.2 Å². The van der Waals surface area contributed by atoms with Crippen LogP contribution in [0.25, 0.3) is 0 Å². The molecule has 1 fully saturated rings. The molecule has 2 nitrogen and oxygen atoms in total. The Kier molecular flexibility index (Phi) is 4.31. The second-order valence-electron chi connectivity index (χ2n) is 5.15. The molecule has 1 saturated heterocycles. The Morgan fingerprint density at radius 2 is 2.22 bits per heavy atom. The van der Waals surface area contributed by atoms with Gasteiger partial charge in [0.1, 0.15) is 5.78 Å².